The Morgan fingerprint density at radius 1 is 0.938 bits per heavy atom. The number of carbonyl (C=O) groups is 1. The Kier molecular flexibility index (Phi) is 7.27. The van der Waals surface area contributed by atoms with Crippen molar-refractivity contribution in [2.75, 3.05) is 17.1 Å². The van der Waals surface area contributed by atoms with Crippen molar-refractivity contribution < 1.29 is 17.9 Å². The molecule has 32 heavy (non-hydrogen) atoms. The molecule has 0 saturated heterocycles. The van der Waals surface area contributed by atoms with Crippen molar-refractivity contribution in [1.29, 1.82) is 0 Å². The fourth-order valence-electron chi connectivity index (χ4n) is 2.88. The van der Waals surface area contributed by atoms with Gasteiger partial charge in [0, 0.05) is 0 Å². The number of anilines is 1. The molecule has 0 fully saturated rings. The molecule has 3 rings (SSSR count). The monoisotopic (exact) mass is 451 g/mol. The molecule has 0 heterocycles. The Morgan fingerprint density at radius 3 is 2.12 bits per heavy atom. The van der Waals surface area contributed by atoms with Gasteiger partial charge in [0.2, 0.25) is 10.0 Å². The van der Waals surface area contributed by atoms with Gasteiger partial charge in [-0.1, -0.05) is 48.0 Å². The molecule has 0 unspecified atom stereocenters. The number of benzene rings is 3. The summed E-state index contributed by atoms with van der Waals surface area (Å²) in [7, 11) is -3.70. The van der Waals surface area contributed by atoms with Gasteiger partial charge in [0.1, 0.15) is 18.0 Å². The molecule has 0 atom stereocenters. The third-order valence-electron chi connectivity index (χ3n) is 4.61. The first-order valence-electron chi connectivity index (χ1n) is 9.93. The number of ether oxygens (including phenoxy) is 1. The van der Waals surface area contributed by atoms with Crippen molar-refractivity contribution in [3.8, 4) is 11.5 Å². The third kappa shape index (κ3) is 6.42. The maximum Gasteiger partial charge on any atom is 0.260 e. The fraction of sp³-hybridized carbons (Fsp3) is 0.167. The summed E-state index contributed by atoms with van der Waals surface area (Å²) in [6.07, 6.45) is 1.05. The van der Waals surface area contributed by atoms with E-state index in [1.807, 2.05) is 61.5 Å². The first-order valence-corrected chi connectivity index (χ1v) is 11.8. The number of carbonyl (C=O) groups excluding carboxylic acids is 1. The molecule has 8 heteroatoms. The van der Waals surface area contributed by atoms with E-state index < -0.39 is 22.5 Å². The molecule has 7 nitrogen and oxygen atoms in total. The van der Waals surface area contributed by atoms with E-state index in [2.05, 4.69) is 10.5 Å². The summed E-state index contributed by atoms with van der Waals surface area (Å²) in [5, 5.41) is 4.09. The summed E-state index contributed by atoms with van der Waals surface area (Å²) in [4.78, 5) is 12.4. The van der Waals surface area contributed by atoms with E-state index in [9.17, 15) is 13.2 Å². The Hall–Kier alpha value is -3.65. The topological polar surface area (TPSA) is 88.1 Å². The second-order valence-electron chi connectivity index (χ2n) is 7.28. The molecule has 0 aliphatic carbocycles. The summed E-state index contributed by atoms with van der Waals surface area (Å²) in [5.41, 5.74) is 5.38. The zero-order valence-electron chi connectivity index (χ0n) is 18.1. The highest BCUT2D eigenvalue weighted by atomic mass is 32.2. The normalized spacial score (nSPS) is 11.7. The van der Waals surface area contributed by atoms with Crippen molar-refractivity contribution in [3.05, 3.63) is 90.0 Å². The number of hydrogen-bond acceptors (Lipinski definition) is 5. The number of sulfonamides is 1. The maximum atomic E-state index is 12.4. The van der Waals surface area contributed by atoms with Crippen molar-refractivity contribution in [1.82, 2.24) is 5.43 Å². The van der Waals surface area contributed by atoms with Crippen LogP contribution in [0.2, 0.25) is 0 Å². The van der Waals surface area contributed by atoms with Crippen LogP contribution in [0, 0.1) is 6.92 Å². The van der Waals surface area contributed by atoms with Crippen molar-refractivity contribution in [2.45, 2.75) is 13.8 Å². The predicted octanol–water partition coefficient (Wildman–Crippen LogP) is 4.09. The minimum absolute atomic E-state index is 0.349. The number of aryl methyl sites for hydroxylation is 1. The quantitative estimate of drug-likeness (QED) is 0.413. The van der Waals surface area contributed by atoms with Gasteiger partial charge in [-0.05, 0) is 55.8 Å². The number of hydrogen-bond donors (Lipinski definition) is 1. The average molecular weight is 452 g/mol. The summed E-state index contributed by atoms with van der Waals surface area (Å²) < 4.78 is 31.4. The van der Waals surface area contributed by atoms with Crippen LogP contribution in [-0.4, -0.2) is 32.8 Å². The zero-order chi connectivity index (χ0) is 23.1. The van der Waals surface area contributed by atoms with Crippen molar-refractivity contribution >= 4 is 27.3 Å². The highest BCUT2D eigenvalue weighted by molar-refractivity contribution is 7.92. The number of nitrogens with one attached hydrogen (secondary N) is 1. The summed E-state index contributed by atoms with van der Waals surface area (Å²) >= 11 is 0. The fourth-order valence-corrected chi connectivity index (χ4v) is 3.73. The highest BCUT2D eigenvalue weighted by Gasteiger charge is 2.21. The van der Waals surface area contributed by atoms with Gasteiger partial charge >= 0.3 is 0 Å². The van der Waals surface area contributed by atoms with Gasteiger partial charge in [-0.2, -0.15) is 5.10 Å². The number of nitrogens with zero attached hydrogens (tertiary/aromatic N) is 2. The molecule has 1 amide bonds. The van der Waals surface area contributed by atoms with E-state index in [1.165, 1.54) is 0 Å². The molecule has 0 aliphatic heterocycles. The molecule has 0 aliphatic rings. The van der Waals surface area contributed by atoms with E-state index in [0.717, 1.165) is 21.7 Å². The molecule has 3 aromatic rings. The van der Waals surface area contributed by atoms with Gasteiger partial charge in [-0.3, -0.25) is 9.10 Å². The number of amides is 1. The number of hydrazone groups is 1. The highest BCUT2D eigenvalue weighted by Crippen LogP contribution is 2.25. The van der Waals surface area contributed by atoms with Gasteiger partial charge < -0.3 is 4.74 Å². The lowest BCUT2D eigenvalue weighted by atomic mass is 10.1. The summed E-state index contributed by atoms with van der Waals surface area (Å²) in [6, 6.07) is 23.4. The average Bonchev–Trinajstić information content (AvgIpc) is 2.77. The minimum atomic E-state index is -3.70. The molecule has 0 saturated carbocycles. The van der Waals surface area contributed by atoms with Gasteiger partial charge in [-0.25, -0.2) is 13.8 Å². The molecular formula is C24H25N3O4S. The number of para-hydroxylation sites is 1. The molecule has 0 radical (unpaired) electrons. The zero-order valence-corrected chi connectivity index (χ0v) is 19.0. The van der Waals surface area contributed by atoms with Crippen LogP contribution in [-0.2, 0) is 14.8 Å². The van der Waals surface area contributed by atoms with Crippen LogP contribution in [0.3, 0.4) is 0 Å². The predicted molar refractivity (Wildman–Crippen MR) is 127 cm³/mol. The Morgan fingerprint density at radius 2 is 1.53 bits per heavy atom. The molecular weight excluding hydrogens is 426 g/mol. The smallest absolute Gasteiger partial charge is 0.260 e. The van der Waals surface area contributed by atoms with Crippen LogP contribution in [0.5, 0.6) is 11.5 Å². The van der Waals surface area contributed by atoms with Crippen molar-refractivity contribution in [3.63, 3.8) is 0 Å². The standard InChI is InChI=1S/C24H25N3O4S/c1-18-9-11-20(12-10-18)19(2)25-26-24(28)17-27(32(3,29)30)21-13-15-23(16-14-21)31-22-7-5-4-6-8-22/h4-16H,17H2,1-3H3,(H,26,28)/b25-19-. The maximum absolute atomic E-state index is 12.4. The number of rotatable bonds is 8. The summed E-state index contributed by atoms with van der Waals surface area (Å²) in [5.74, 6) is 0.670. The van der Waals surface area contributed by atoms with Gasteiger partial charge in [0.15, 0.2) is 0 Å². The first-order chi connectivity index (χ1) is 15.2. The van der Waals surface area contributed by atoms with E-state index in [4.69, 9.17) is 4.74 Å². The minimum Gasteiger partial charge on any atom is -0.457 e. The van der Waals surface area contributed by atoms with Crippen LogP contribution >= 0.6 is 0 Å². The molecule has 0 bridgehead atoms. The molecule has 3 aromatic carbocycles. The van der Waals surface area contributed by atoms with Crippen LogP contribution < -0.4 is 14.5 Å². The Balaban J connectivity index is 1.69. The lowest BCUT2D eigenvalue weighted by molar-refractivity contribution is -0.119. The summed E-state index contributed by atoms with van der Waals surface area (Å²) in [6.45, 7) is 3.35. The first kappa shape index (κ1) is 23.0. The Bertz CT molecular complexity index is 1190. The van der Waals surface area contributed by atoms with E-state index in [1.54, 1.807) is 31.2 Å². The van der Waals surface area contributed by atoms with Gasteiger partial charge in [-0.15, -0.1) is 0 Å². The van der Waals surface area contributed by atoms with Crippen LogP contribution in [0.25, 0.3) is 0 Å². The lowest BCUT2D eigenvalue weighted by Crippen LogP contribution is -2.39. The molecule has 0 spiro atoms. The van der Waals surface area contributed by atoms with Gasteiger partial charge in [0.05, 0.1) is 17.7 Å². The molecule has 0 aromatic heterocycles. The van der Waals surface area contributed by atoms with Crippen LogP contribution in [0.15, 0.2) is 84.0 Å². The Labute approximate surface area is 188 Å². The largest absolute Gasteiger partial charge is 0.457 e. The lowest BCUT2D eigenvalue weighted by Gasteiger charge is -2.21. The van der Waals surface area contributed by atoms with Crippen molar-refractivity contribution in [2.24, 2.45) is 5.10 Å². The van der Waals surface area contributed by atoms with E-state index in [-0.39, 0.29) is 0 Å². The van der Waals surface area contributed by atoms with Gasteiger partial charge in [0.25, 0.3) is 5.91 Å². The third-order valence-corrected chi connectivity index (χ3v) is 5.75. The van der Waals surface area contributed by atoms with E-state index >= 15 is 0 Å². The second kappa shape index (κ2) is 10.1. The van der Waals surface area contributed by atoms with E-state index in [0.29, 0.717) is 22.9 Å². The molecule has 166 valence electrons. The SMILES string of the molecule is C/C(=N/NC(=O)CN(c1ccc(Oc2ccccc2)cc1)S(C)(=O)=O)c1ccc(C)cc1. The second-order valence-corrected chi connectivity index (χ2v) is 9.18. The molecule has 1 N–H and O–H groups in total. The van der Waals surface area contributed by atoms with Crippen LogP contribution in [0.1, 0.15) is 18.1 Å². The van der Waals surface area contributed by atoms with Crippen LogP contribution in [0.4, 0.5) is 5.69 Å².